The number of piperidine rings is 1. The van der Waals surface area contributed by atoms with E-state index >= 15 is 0 Å². The molecule has 0 atom stereocenters. The third kappa shape index (κ3) is 4.09. The maximum absolute atomic E-state index is 9.12. The topological polar surface area (TPSA) is 66.5 Å². The van der Waals surface area contributed by atoms with Gasteiger partial charge in [0.1, 0.15) is 0 Å². The fraction of sp³-hybridized carbons (Fsp3) is 0.381. The van der Waals surface area contributed by atoms with Crippen LogP contribution in [0.25, 0.3) is 16.9 Å². The van der Waals surface area contributed by atoms with Crippen LogP contribution in [0.1, 0.15) is 31.2 Å². The molecule has 6 nitrogen and oxygen atoms in total. The van der Waals surface area contributed by atoms with Crippen molar-refractivity contribution in [1.82, 2.24) is 19.5 Å². The van der Waals surface area contributed by atoms with E-state index < -0.39 is 0 Å². The molecule has 0 amide bonds. The highest BCUT2D eigenvalue weighted by Crippen LogP contribution is 2.22. The Labute approximate surface area is 159 Å². The van der Waals surface area contributed by atoms with Crippen LogP contribution in [0.4, 0.5) is 0 Å². The van der Waals surface area contributed by atoms with Gasteiger partial charge in [-0.1, -0.05) is 18.6 Å². The number of fused-ring (bicyclic) bond motifs is 1. The zero-order valence-electron chi connectivity index (χ0n) is 15.3. The van der Waals surface area contributed by atoms with Crippen molar-refractivity contribution in [3.63, 3.8) is 0 Å². The summed E-state index contributed by atoms with van der Waals surface area (Å²) >= 11 is 0. The smallest absolute Gasteiger partial charge is 0.231 e. The number of nitrogens with zero attached hydrogens (tertiary/aromatic N) is 5. The number of ether oxygens (including phenoxy) is 1. The van der Waals surface area contributed by atoms with Gasteiger partial charge in [-0.2, -0.15) is 5.26 Å². The number of aromatic nitrogens is 3. The quantitative estimate of drug-likeness (QED) is 0.629. The molecule has 4 rings (SSSR count). The first kappa shape index (κ1) is 17.5. The molecule has 0 spiro atoms. The standard InChI is InChI=1S/C21H23N5O/c22-15-17-6-4-7-18(14-17)19-16-23-20-8-9-21(24-26(19)20)27-13-5-12-25-10-2-1-3-11-25/h4,6-9,14,16H,1-3,5,10-13H2. The Morgan fingerprint density at radius 2 is 2.00 bits per heavy atom. The molecule has 0 N–H and O–H groups in total. The summed E-state index contributed by atoms with van der Waals surface area (Å²) in [5.74, 6) is 0.594. The molecular weight excluding hydrogens is 338 g/mol. The van der Waals surface area contributed by atoms with Crippen molar-refractivity contribution in [2.75, 3.05) is 26.2 Å². The van der Waals surface area contributed by atoms with E-state index in [1.165, 1.54) is 32.4 Å². The summed E-state index contributed by atoms with van der Waals surface area (Å²) in [4.78, 5) is 6.92. The van der Waals surface area contributed by atoms with Gasteiger partial charge in [0, 0.05) is 18.2 Å². The SMILES string of the molecule is N#Cc1cccc(-c2cnc3ccc(OCCCN4CCCCC4)nn23)c1. The van der Waals surface area contributed by atoms with Gasteiger partial charge in [-0.3, -0.25) is 0 Å². The second-order valence-electron chi connectivity index (χ2n) is 6.88. The summed E-state index contributed by atoms with van der Waals surface area (Å²) in [6.07, 6.45) is 6.77. The van der Waals surface area contributed by atoms with Crippen molar-refractivity contribution >= 4 is 5.65 Å². The average Bonchev–Trinajstić information content (AvgIpc) is 3.15. The number of imidazole rings is 1. The molecule has 1 fully saturated rings. The van der Waals surface area contributed by atoms with Gasteiger partial charge in [-0.05, 0) is 50.6 Å². The van der Waals surface area contributed by atoms with Crippen molar-refractivity contribution < 1.29 is 4.74 Å². The van der Waals surface area contributed by atoms with Crippen LogP contribution in [0.2, 0.25) is 0 Å². The number of hydrogen-bond donors (Lipinski definition) is 0. The molecule has 0 aliphatic carbocycles. The Balaban J connectivity index is 1.44. The normalized spacial score (nSPS) is 14.9. The molecule has 0 unspecified atom stereocenters. The summed E-state index contributed by atoms with van der Waals surface area (Å²) in [5.41, 5.74) is 3.14. The number of rotatable bonds is 6. The highest BCUT2D eigenvalue weighted by Gasteiger charge is 2.11. The number of benzene rings is 1. The van der Waals surface area contributed by atoms with Gasteiger partial charge in [0.25, 0.3) is 0 Å². The van der Waals surface area contributed by atoms with E-state index in [0.29, 0.717) is 18.1 Å². The fourth-order valence-corrected chi connectivity index (χ4v) is 3.53. The Morgan fingerprint density at radius 1 is 1.11 bits per heavy atom. The first-order chi connectivity index (χ1) is 13.3. The third-order valence-corrected chi connectivity index (χ3v) is 4.94. The van der Waals surface area contributed by atoms with Crippen LogP contribution in [0.5, 0.6) is 5.88 Å². The Hall–Kier alpha value is -2.91. The van der Waals surface area contributed by atoms with Crippen LogP contribution in [0.3, 0.4) is 0 Å². The van der Waals surface area contributed by atoms with E-state index in [0.717, 1.165) is 29.9 Å². The third-order valence-electron chi connectivity index (χ3n) is 4.94. The summed E-state index contributed by atoms with van der Waals surface area (Å²) in [6.45, 7) is 4.16. The van der Waals surface area contributed by atoms with Gasteiger partial charge in [0.05, 0.1) is 30.1 Å². The van der Waals surface area contributed by atoms with Gasteiger partial charge < -0.3 is 9.64 Å². The molecule has 0 saturated carbocycles. The molecular formula is C21H23N5O. The fourth-order valence-electron chi connectivity index (χ4n) is 3.53. The van der Waals surface area contributed by atoms with E-state index in [9.17, 15) is 0 Å². The van der Waals surface area contributed by atoms with Crippen LogP contribution in [-0.4, -0.2) is 45.7 Å². The zero-order valence-corrected chi connectivity index (χ0v) is 15.3. The maximum atomic E-state index is 9.12. The van der Waals surface area contributed by atoms with Crippen LogP contribution in [0.15, 0.2) is 42.6 Å². The highest BCUT2D eigenvalue weighted by molar-refractivity contribution is 5.64. The van der Waals surface area contributed by atoms with Crippen molar-refractivity contribution in [2.24, 2.45) is 0 Å². The monoisotopic (exact) mass is 361 g/mol. The van der Waals surface area contributed by atoms with Crippen LogP contribution >= 0.6 is 0 Å². The summed E-state index contributed by atoms with van der Waals surface area (Å²) in [6, 6.07) is 13.4. The molecule has 0 radical (unpaired) electrons. The van der Waals surface area contributed by atoms with Gasteiger partial charge in [0.2, 0.25) is 5.88 Å². The summed E-state index contributed by atoms with van der Waals surface area (Å²) < 4.78 is 7.65. The van der Waals surface area contributed by atoms with Crippen LogP contribution in [-0.2, 0) is 0 Å². The predicted molar refractivity (Wildman–Crippen MR) is 104 cm³/mol. The van der Waals surface area contributed by atoms with Crippen LogP contribution in [0, 0.1) is 11.3 Å². The molecule has 3 heterocycles. The lowest BCUT2D eigenvalue weighted by molar-refractivity contribution is 0.202. The predicted octanol–water partition coefficient (Wildman–Crippen LogP) is 3.52. The Bertz CT molecular complexity index is 953. The van der Waals surface area contributed by atoms with E-state index in [1.807, 2.05) is 30.3 Å². The lowest BCUT2D eigenvalue weighted by Gasteiger charge is -2.26. The maximum Gasteiger partial charge on any atom is 0.231 e. The van der Waals surface area contributed by atoms with Gasteiger partial charge in [-0.25, -0.2) is 9.50 Å². The summed E-state index contributed by atoms with van der Waals surface area (Å²) in [7, 11) is 0. The first-order valence-electron chi connectivity index (χ1n) is 9.54. The van der Waals surface area contributed by atoms with E-state index in [4.69, 9.17) is 10.00 Å². The Morgan fingerprint density at radius 3 is 2.85 bits per heavy atom. The summed E-state index contributed by atoms with van der Waals surface area (Å²) in [5, 5.41) is 13.7. The van der Waals surface area contributed by atoms with Crippen LogP contribution < -0.4 is 4.74 Å². The average molecular weight is 361 g/mol. The molecule has 27 heavy (non-hydrogen) atoms. The molecule has 3 aromatic rings. The second kappa shape index (κ2) is 8.19. The second-order valence-corrected chi connectivity index (χ2v) is 6.88. The molecule has 1 saturated heterocycles. The highest BCUT2D eigenvalue weighted by atomic mass is 16.5. The largest absolute Gasteiger partial charge is 0.477 e. The van der Waals surface area contributed by atoms with E-state index in [2.05, 4.69) is 21.1 Å². The number of likely N-dealkylation sites (tertiary alicyclic amines) is 1. The lowest BCUT2D eigenvalue weighted by atomic mass is 10.1. The Kier molecular flexibility index (Phi) is 5.31. The van der Waals surface area contributed by atoms with Gasteiger partial charge >= 0.3 is 0 Å². The minimum Gasteiger partial charge on any atom is -0.477 e. The van der Waals surface area contributed by atoms with Crippen molar-refractivity contribution in [2.45, 2.75) is 25.7 Å². The van der Waals surface area contributed by atoms with E-state index in [-0.39, 0.29) is 0 Å². The molecule has 0 bridgehead atoms. The van der Waals surface area contributed by atoms with Gasteiger partial charge in [0.15, 0.2) is 5.65 Å². The lowest BCUT2D eigenvalue weighted by Crippen LogP contribution is -2.31. The molecule has 1 aromatic carbocycles. The minimum atomic E-state index is 0.594. The molecule has 2 aromatic heterocycles. The van der Waals surface area contributed by atoms with Gasteiger partial charge in [-0.15, -0.1) is 5.10 Å². The van der Waals surface area contributed by atoms with Crippen molar-refractivity contribution in [3.05, 3.63) is 48.2 Å². The minimum absolute atomic E-state index is 0.594. The zero-order chi connectivity index (χ0) is 18.5. The first-order valence-corrected chi connectivity index (χ1v) is 9.54. The molecule has 1 aliphatic rings. The van der Waals surface area contributed by atoms with E-state index in [1.54, 1.807) is 16.8 Å². The molecule has 138 valence electrons. The van der Waals surface area contributed by atoms with Crippen molar-refractivity contribution in [3.8, 4) is 23.2 Å². The molecule has 1 aliphatic heterocycles. The molecule has 6 heteroatoms. The number of hydrogen-bond acceptors (Lipinski definition) is 5. The number of nitriles is 1. The van der Waals surface area contributed by atoms with Crippen molar-refractivity contribution in [1.29, 1.82) is 5.26 Å².